The summed E-state index contributed by atoms with van der Waals surface area (Å²) in [5, 5.41) is 2.80. The van der Waals surface area contributed by atoms with Gasteiger partial charge in [0.1, 0.15) is 21.3 Å². The number of rotatable bonds is 2. The van der Waals surface area contributed by atoms with Crippen molar-refractivity contribution in [3.05, 3.63) is 34.5 Å². The van der Waals surface area contributed by atoms with Crippen LogP contribution in [0.2, 0.25) is 0 Å². The first-order valence-electron chi connectivity index (χ1n) is 6.19. The lowest BCUT2D eigenvalue weighted by atomic mass is 10.4. The van der Waals surface area contributed by atoms with Crippen molar-refractivity contribution in [1.29, 1.82) is 0 Å². The van der Waals surface area contributed by atoms with Gasteiger partial charge < -0.3 is 9.88 Å². The van der Waals surface area contributed by atoms with Crippen molar-refractivity contribution in [2.45, 2.75) is 0 Å². The number of nitrogens with one attached hydrogen (secondary N) is 1. The molecule has 4 rings (SSSR count). The number of thiazole rings is 1. The van der Waals surface area contributed by atoms with Crippen molar-refractivity contribution in [1.82, 2.24) is 28.9 Å². The summed E-state index contributed by atoms with van der Waals surface area (Å²) in [6.45, 7) is 0. The second-order valence-corrected chi connectivity index (χ2v) is 6.35. The molecule has 0 aliphatic rings. The van der Waals surface area contributed by atoms with E-state index in [0.29, 0.717) is 21.9 Å². The van der Waals surface area contributed by atoms with Gasteiger partial charge in [-0.15, -0.1) is 0 Å². The number of carbonyl (C=O) groups excluding carboxylic acids is 1. The fourth-order valence-electron chi connectivity index (χ4n) is 2.11. The van der Waals surface area contributed by atoms with Crippen molar-refractivity contribution < 1.29 is 4.79 Å². The maximum atomic E-state index is 12.4. The molecule has 4 heterocycles. The summed E-state index contributed by atoms with van der Waals surface area (Å²) < 4.78 is 4.37. The average molecular weight is 378 g/mol. The van der Waals surface area contributed by atoms with Gasteiger partial charge in [0.25, 0.3) is 5.91 Å². The summed E-state index contributed by atoms with van der Waals surface area (Å²) in [4.78, 5) is 30.2. The first-order valence-corrected chi connectivity index (χ1v) is 7.80. The molecule has 0 saturated heterocycles. The highest BCUT2D eigenvalue weighted by molar-refractivity contribution is 9.10. The van der Waals surface area contributed by atoms with Crippen LogP contribution in [0.15, 0.2) is 29.7 Å². The lowest BCUT2D eigenvalue weighted by molar-refractivity contribution is 0.103. The van der Waals surface area contributed by atoms with E-state index >= 15 is 0 Å². The standard InChI is InChI=1S/C12H8BrN7OS/c1-19-5-17-9-8(19)10(16-4-15-9)18-11(21)6-3-20-7(13)2-14-12(20)22-6/h2-5H,1H3,(H,15,16,18,21). The number of amides is 1. The molecule has 110 valence electrons. The minimum atomic E-state index is -0.247. The van der Waals surface area contributed by atoms with E-state index in [1.165, 1.54) is 17.7 Å². The topological polar surface area (TPSA) is 90.0 Å². The lowest BCUT2D eigenvalue weighted by Crippen LogP contribution is -2.12. The molecular weight excluding hydrogens is 370 g/mol. The maximum Gasteiger partial charge on any atom is 0.268 e. The molecule has 0 atom stereocenters. The Morgan fingerprint density at radius 1 is 1.32 bits per heavy atom. The van der Waals surface area contributed by atoms with Gasteiger partial charge in [0.15, 0.2) is 16.4 Å². The van der Waals surface area contributed by atoms with E-state index in [9.17, 15) is 4.79 Å². The van der Waals surface area contributed by atoms with Crippen molar-refractivity contribution in [3.63, 3.8) is 0 Å². The number of hydrogen-bond donors (Lipinski definition) is 1. The predicted octanol–water partition coefficient (Wildman–Crippen LogP) is 2.09. The lowest BCUT2D eigenvalue weighted by Gasteiger charge is -2.04. The maximum absolute atomic E-state index is 12.4. The first kappa shape index (κ1) is 13.3. The predicted molar refractivity (Wildman–Crippen MR) is 85.0 cm³/mol. The molecule has 0 aliphatic carbocycles. The largest absolute Gasteiger partial charge is 0.329 e. The number of aryl methyl sites for hydroxylation is 1. The summed E-state index contributed by atoms with van der Waals surface area (Å²) in [7, 11) is 1.82. The van der Waals surface area contributed by atoms with E-state index in [4.69, 9.17) is 0 Å². The second-order valence-electron chi connectivity index (χ2n) is 4.53. The van der Waals surface area contributed by atoms with Crippen LogP contribution >= 0.6 is 27.3 Å². The Labute approximate surface area is 136 Å². The van der Waals surface area contributed by atoms with Crippen molar-refractivity contribution in [2.75, 3.05) is 5.32 Å². The van der Waals surface area contributed by atoms with E-state index in [1.54, 1.807) is 27.7 Å². The normalized spacial score (nSPS) is 11.4. The van der Waals surface area contributed by atoms with Crippen LogP contribution in [-0.2, 0) is 7.05 Å². The number of imidazole rings is 2. The van der Waals surface area contributed by atoms with Gasteiger partial charge in [-0.25, -0.2) is 19.9 Å². The molecule has 0 saturated carbocycles. The van der Waals surface area contributed by atoms with Gasteiger partial charge in [-0.1, -0.05) is 11.3 Å². The summed E-state index contributed by atoms with van der Waals surface area (Å²) in [5.41, 5.74) is 1.22. The van der Waals surface area contributed by atoms with Crippen LogP contribution in [-0.4, -0.2) is 34.8 Å². The summed E-state index contributed by atoms with van der Waals surface area (Å²) >= 11 is 4.68. The molecule has 4 aromatic heterocycles. The molecule has 0 spiro atoms. The number of fused-ring (bicyclic) bond motifs is 2. The zero-order chi connectivity index (χ0) is 15.3. The summed E-state index contributed by atoms with van der Waals surface area (Å²) in [5.74, 6) is 0.184. The molecule has 1 N–H and O–H groups in total. The first-order chi connectivity index (χ1) is 10.6. The van der Waals surface area contributed by atoms with Crippen molar-refractivity contribution >= 4 is 55.1 Å². The van der Waals surface area contributed by atoms with Gasteiger partial charge in [-0.3, -0.25) is 9.20 Å². The van der Waals surface area contributed by atoms with E-state index < -0.39 is 0 Å². The highest BCUT2D eigenvalue weighted by atomic mass is 79.9. The van der Waals surface area contributed by atoms with Crippen molar-refractivity contribution in [3.8, 4) is 0 Å². The van der Waals surface area contributed by atoms with Crippen LogP contribution in [0, 0.1) is 0 Å². The molecule has 0 aromatic carbocycles. The zero-order valence-corrected chi connectivity index (χ0v) is 13.6. The van der Waals surface area contributed by atoms with E-state index in [1.807, 2.05) is 7.05 Å². The van der Waals surface area contributed by atoms with Gasteiger partial charge in [0, 0.05) is 13.2 Å². The molecule has 22 heavy (non-hydrogen) atoms. The Morgan fingerprint density at radius 3 is 3.00 bits per heavy atom. The SMILES string of the molecule is Cn1cnc2ncnc(NC(=O)c3cn4c(Br)cnc4s3)c21. The molecular formula is C12H8BrN7OS. The van der Waals surface area contributed by atoms with Crippen molar-refractivity contribution in [2.24, 2.45) is 7.05 Å². The third-order valence-corrected chi connectivity index (χ3v) is 4.71. The van der Waals surface area contributed by atoms with Crippen LogP contribution in [0.5, 0.6) is 0 Å². The minimum Gasteiger partial charge on any atom is -0.329 e. The van der Waals surface area contributed by atoms with Gasteiger partial charge in [0.05, 0.1) is 12.5 Å². The van der Waals surface area contributed by atoms with Gasteiger partial charge in [0.2, 0.25) is 0 Å². The monoisotopic (exact) mass is 377 g/mol. The smallest absolute Gasteiger partial charge is 0.268 e. The van der Waals surface area contributed by atoms with Crippen LogP contribution in [0.3, 0.4) is 0 Å². The molecule has 4 aromatic rings. The molecule has 0 aliphatic heterocycles. The molecule has 0 radical (unpaired) electrons. The number of carbonyl (C=O) groups is 1. The quantitative estimate of drug-likeness (QED) is 0.577. The molecule has 0 unspecified atom stereocenters. The van der Waals surface area contributed by atoms with E-state index in [-0.39, 0.29) is 5.91 Å². The Hall–Kier alpha value is -2.33. The number of anilines is 1. The van der Waals surface area contributed by atoms with E-state index in [2.05, 4.69) is 41.2 Å². The number of hydrogen-bond acceptors (Lipinski definition) is 6. The highest BCUT2D eigenvalue weighted by Gasteiger charge is 2.16. The highest BCUT2D eigenvalue weighted by Crippen LogP contribution is 2.23. The van der Waals surface area contributed by atoms with Gasteiger partial charge >= 0.3 is 0 Å². The second kappa shape index (κ2) is 4.85. The number of halogens is 1. The van der Waals surface area contributed by atoms with Gasteiger partial charge in [-0.2, -0.15) is 0 Å². The summed E-state index contributed by atoms with van der Waals surface area (Å²) in [6, 6.07) is 0. The Bertz CT molecular complexity index is 1020. The van der Waals surface area contributed by atoms with Gasteiger partial charge in [-0.05, 0) is 15.9 Å². The Morgan fingerprint density at radius 2 is 2.18 bits per heavy atom. The third kappa shape index (κ3) is 1.99. The fourth-order valence-corrected chi connectivity index (χ4v) is 3.46. The molecule has 0 fully saturated rings. The fraction of sp³-hybridized carbons (Fsp3) is 0.0833. The molecule has 8 nitrogen and oxygen atoms in total. The van der Waals surface area contributed by atoms with Crippen LogP contribution in [0.1, 0.15) is 9.67 Å². The zero-order valence-electron chi connectivity index (χ0n) is 11.2. The van der Waals surface area contributed by atoms with Crippen LogP contribution in [0.25, 0.3) is 16.1 Å². The molecule has 10 heteroatoms. The average Bonchev–Trinajstić information content (AvgIpc) is 3.17. The molecule has 0 bridgehead atoms. The summed E-state index contributed by atoms with van der Waals surface area (Å²) in [6.07, 6.45) is 6.43. The number of nitrogens with zero attached hydrogens (tertiary/aromatic N) is 6. The molecule has 1 amide bonds. The number of aromatic nitrogens is 6. The third-order valence-electron chi connectivity index (χ3n) is 3.13. The minimum absolute atomic E-state index is 0.247. The Kier molecular flexibility index (Phi) is 2.94. The Balaban J connectivity index is 1.72. The van der Waals surface area contributed by atoms with Crippen LogP contribution in [0.4, 0.5) is 5.82 Å². The van der Waals surface area contributed by atoms with E-state index in [0.717, 1.165) is 9.56 Å². The van der Waals surface area contributed by atoms with Crippen LogP contribution < -0.4 is 5.32 Å².